The average molecular weight is 565 g/mol. The molecule has 0 saturated heterocycles. The lowest BCUT2D eigenvalue weighted by molar-refractivity contribution is 0.343. The lowest BCUT2D eigenvalue weighted by Gasteiger charge is -2.27. The van der Waals surface area contributed by atoms with Crippen molar-refractivity contribution in [2.24, 2.45) is 0 Å². The zero-order chi connectivity index (χ0) is 27.4. The molecule has 1 aliphatic rings. The second-order valence-corrected chi connectivity index (χ2v) is 14.5. The maximum atomic E-state index is 6.49. The zero-order valence-electron chi connectivity index (χ0n) is 22.7. The van der Waals surface area contributed by atoms with Crippen molar-refractivity contribution in [1.29, 1.82) is 0 Å². The molecule has 0 aliphatic carbocycles. The van der Waals surface area contributed by atoms with E-state index < -0.39 is 15.8 Å². The Balaban J connectivity index is 1.41. The highest BCUT2D eigenvalue weighted by Crippen LogP contribution is 2.45. The molecule has 0 radical (unpaired) electrons. The van der Waals surface area contributed by atoms with Gasteiger partial charge in [0.25, 0.3) is 0 Å². The Morgan fingerprint density at radius 2 is 0.829 bits per heavy atom. The summed E-state index contributed by atoms with van der Waals surface area (Å²) >= 11 is 0. The van der Waals surface area contributed by atoms with Gasteiger partial charge in [0.2, 0.25) is 0 Å². The topological polar surface area (TPSA) is 9.23 Å². The molecule has 1 nitrogen and oxygen atoms in total. The van der Waals surface area contributed by atoms with Crippen LogP contribution in [-0.4, -0.2) is 6.61 Å². The maximum Gasteiger partial charge on any atom is 0.123 e. The Morgan fingerprint density at radius 3 is 1.34 bits per heavy atom. The van der Waals surface area contributed by atoms with Gasteiger partial charge in [-0.05, 0) is 59.3 Å². The monoisotopic (exact) mass is 564 g/mol. The van der Waals surface area contributed by atoms with Crippen LogP contribution in [0.2, 0.25) is 0 Å². The normalized spacial score (nSPS) is 14.1. The predicted molar refractivity (Wildman–Crippen MR) is 178 cm³/mol. The summed E-state index contributed by atoms with van der Waals surface area (Å²) in [5, 5.41) is 8.23. The van der Waals surface area contributed by atoms with Crippen LogP contribution in [0.3, 0.4) is 0 Å². The first-order valence-electron chi connectivity index (χ1n) is 14.0. The first-order valence-corrected chi connectivity index (χ1v) is 16.7. The van der Waals surface area contributed by atoms with E-state index >= 15 is 0 Å². The Kier molecular flexibility index (Phi) is 7.48. The smallest absolute Gasteiger partial charge is 0.123 e. The van der Waals surface area contributed by atoms with Gasteiger partial charge in [-0.2, -0.15) is 0 Å². The molecule has 41 heavy (non-hydrogen) atoms. The highest BCUT2D eigenvalue weighted by molar-refractivity contribution is 7.80. The molecule has 1 aliphatic heterocycles. The molecule has 0 saturated carbocycles. The van der Waals surface area contributed by atoms with Crippen molar-refractivity contribution in [3.63, 3.8) is 0 Å². The van der Waals surface area contributed by atoms with Crippen LogP contribution in [0.4, 0.5) is 0 Å². The van der Waals surface area contributed by atoms with Crippen molar-refractivity contribution < 1.29 is 4.74 Å². The third-order valence-corrected chi connectivity index (χ3v) is 12.7. The molecule has 0 aromatic heterocycles. The number of ether oxygens (including phenoxy) is 1. The summed E-state index contributed by atoms with van der Waals surface area (Å²) in [6.07, 6.45) is 0. The van der Waals surface area contributed by atoms with Gasteiger partial charge in [-0.15, -0.1) is 0 Å². The van der Waals surface area contributed by atoms with Gasteiger partial charge in [-0.25, -0.2) is 0 Å². The Labute approximate surface area is 245 Å². The largest absolute Gasteiger partial charge is 0.492 e. The minimum absolute atomic E-state index is 0.159. The van der Waals surface area contributed by atoms with Crippen LogP contribution in [0.1, 0.15) is 17.0 Å². The SMILES string of the molecule is c1ccc(P(c2ccccc2)c2ccccc2C2COc3cccc(P(c4ccccc4)c4ccccc4)c32)cc1. The summed E-state index contributed by atoms with van der Waals surface area (Å²) in [4.78, 5) is 0. The molecule has 0 spiro atoms. The van der Waals surface area contributed by atoms with E-state index in [1.54, 1.807) is 0 Å². The molecule has 198 valence electrons. The highest BCUT2D eigenvalue weighted by atomic mass is 31.1. The van der Waals surface area contributed by atoms with Gasteiger partial charge in [0.15, 0.2) is 0 Å². The van der Waals surface area contributed by atoms with Crippen molar-refractivity contribution in [2.45, 2.75) is 5.92 Å². The van der Waals surface area contributed by atoms with E-state index in [0.29, 0.717) is 6.61 Å². The quantitative estimate of drug-likeness (QED) is 0.196. The van der Waals surface area contributed by atoms with E-state index in [1.807, 2.05) is 0 Å². The molecule has 0 bridgehead atoms. The first-order chi connectivity index (χ1) is 20.4. The van der Waals surface area contributed by atoms with Gasteiger partial charge < -0.3 is 4.74 Å². The minimum atomic E-state index is -0.753. The third kappa shape index (κ3) is 5.13. The third-order valence-electron chi connectivity index (χ3n) is 7.65. The minimum Gasteiger partial charge on any atom is -0.492 e. The summed E-state index contributed by atoms with van der Waals surface area (Å²) in [5.41, 5.74) is 2.71. The molecule has 1 heterocycles. The van der Waals surface area contributed by atoms with E-state index in [-0.39, 0.29) is 5.92 Å². The van der Waals surface area contributed by atoms with Gasteiger partial charge in [-0.3, -0.25) is 0 Å². The lowest BCUT2D eigenvalue weighted by atomic mass is 9.93. The summed E-state index contributed by atoms with van der Waals surface area (Å²) in [6, 6.07) is 59.7. The molecule has 1 atom stereocenters. The molecule has 6 aromatic rings. The van der Waals surface area contributed by atoms with E-state index in [2.05, 4.69) is 164 Å². The molecule has 0 amide bonds. The van der Waals surface area contributed by atoms with Gasteiger partial charge in [0.05, 0.1) is 6.61 Å². The number of rotatable bonds is 7. The second kappa shape index (κ2) is 11.8. The standard InChI is InChI=1S/C38H30OP2/c1-5-16-29(17-6-1)40(30-18-7-2-8-19-30)36-26-14-13-24-33(36)34-28-39-35-25-15-27-37(38(34)35)41(31-20-9-3-10-21-31)32-22-11-4-12-23-32/h1-27,34H,28H2. The van der Waals surface area contributed by atoms with Crippen LogP contribution >= 0.6 is 15.8 Å². The number of benzene rings is 6. The second-order valence-electron chi connectivity index (χ2n) is 10.1. The van der Waals surface area contributed by atoms with Gasteiger partial charge in [-0.1, -0.05) is 158 Å². The van der Waals surface area contributed by atoms with Gasteiger partial charge >= 0.3 is 0 Å². The number of hydrogen-bond acceptors (Lipinski definition) is 1. The fourth-order valence-electron chi connectivity index (χ4n) is 5.85. The van der Waals surface area contributed by atoms with Crippen molar-refractivity contribution in [3.8, 4) is 5.75 Å². The van der Waals surface area contributed by atoms with E-state index in [0.717, 1.165) is 5.75 Å². The molecule has 0 N–H and O–H groups in total. The summed E-state index contributed by atoms with van der Waals surface area (Å²) in [6.45, 7) is 0.656. The van der Waals surface area contributed by atoms with Crippen LogP contribution in [0.25, 0.3) is 0 Å². The maximum absolute atomic E-state index is 6.49. The molecule has 6 aromatic carbocycles. The van der Waals surface area contributed by atoms with Crippen LogP contribution < -0.4 is 36.6 Å². The summed E-state index contributed by atoms with van der Waals surface area (Å²) < 4.78 is 6.49. The van der Waals surface area contributed by atoms with Gasteiger partial charge in [0.1, 0.15) is 5.75 Å². The van der Waals surface area contributed by atoms with Crippen molar-refractivity contribution >= 4 is 47.7 Å². The number of fused-ring (bicyclic) bond motifs is 1. The highest BCUT2D eigenvalue weighted by Gasteiger charge is 2.34. The average Bonchev–Trinajstić information content (AvgIpc) is 3.49. The summed E-state index contributed by atoms with van der Waals surface area (Å²) in [7, 11) is -1.49. The lowest BCUT2D eigenvalue weighted by Crippen LogP contribution is -2.27. The predicted octanol–water partition coefficient (Wildman–Crippen LogP) is 6.73. The van der Waals surface area contributed by atoms with Crippen LogP contribution in [0, 0.1) is 0 Å². The molecule has 1 unspecified atom stereocenters. The van der Waals surface area contributed by atoms with Crippen LogP contribution in [-0.2, 0) is 0 Å². The molecular formula is C38H30OP2. The van der Waals surface area contributed by atoms with E-state index in [1.165, 1.54) is 43.0 Å². The summed E-state index contributed by atoms with van der Waals surface area (Å²) in [5.74, 6) is 1.18. The zero-order valence-corrected chi connectivity index (χ0v) is 24.5. The Morgan fingerprint density at radius 1 is 0.415 bits per heavy atom. The van der Waals surface area contributed by atoms with Crippen molar-refractivity contribution in [1.82, 2.24) is 0 Å². The molecular weight excluding hydrogens is 534 g/mol. The van der Waals surface area contributed by atoms with Gasteiger partial charge in [0, 0.05) is 11.5 Å². The van der Waals surface area contributed by atoms with Crippen molar-refractivity contribution in [3.05, 3.63) is 175 Å². The van der Waals surface area contributed by atoms with Crippen LogP contribution in [0.5, 0.6) is 5.75 Å². The fraction of sp³-hybridized carbons (Fsp3) is 0.0526. The molecule has 0 fully saturated rings. The number of hydrogen-bond donors (Lipinski definition) is 0. The van der Waals surface area contributed by atoms with E-state index in [4.69, 9.17) is 4.74 Å². The Bertz CT molecular complexity index is 1660. The Hall–Kier alpha value is -4.02. The fourth-order valence-corrected chi connectivity index (χ4v) is 10.9. The molecule has 3 heteroatoms. The van der Waals surface area contributed by atoms with Crippen molar-refractivity contribution in [2.75, 3.05) is 6.61 Å². The molecule has 7 rings (SSSR count). The first kappa shape index (κ1) is 25.9. The van der Waals surface area contributed by atoms with Crippen LogP contribution in [0.15, 0.2) is 164 Å². The van der Waals surface area contributed by atoms with E-state index in [9.17, 15) is 0 Å².